The van der Waals surface area contributed by atoms with E-state index in [1.807, 2.05) is 7.05 Å². The lowest BCUT2D eigenvalue weighted by Gasteiger charge is -2.22. The van der Waals surface area contributed by atoms with Crippen molar-refractivity contribution in [1.82, 2.24) is 5.32 Å². The summed E-state index contributed by atoms with van der Waals surface area (Å²) in [6.07, 6.45) is 3.89. The number of rotatable bonds is 7. The Morgan fingerprint density at radius 1 is 1.06 bits per heavy atom. The van der Waals surface area contributed by atoms with Gasteiger partial charge in [-0.3, -0.25) is 0 Å². The molecule has 0 aliphatic carbocycles. The molecule has 17 heavy (non-hydrogen) atoms. The molecule has 1 heteroatoms. The van der Waals surface area contributed by atoms with Crippen LogP contribution in [0.3, 0.4) is 0 Å². The number of hydrogen-bond donors (Lipinski definition) is 1. The van der Waals surface area contributed by atoms with E-state index in [1.54, 1.807) is 0 Å². The summed E-state index contributed by atoms with van der Waals surface area (Å²) in [5.74, 6) is 1.51. The van der Waals surface area contributed by atoms with Gasteiger partial charge in [-0.15, -0.1) is 0 Å². The van der Waals surface area contributed by atoms with Gasteiger partial charge in [0.15, 0.2) is 0 Å². The van der Waals surface area contributed by atoms with Gasteiger partial charge in [0.1, 0.15) is 0 Å². The molecule has 0 aromatic heterocycles. The van der Waals surface area contributed by atoms with Crippen LogP contribution in [0.1, 0.15) is 50.2 Å². The van der Waals surface area contributed by atoms with Gasteiger partial charge in [-0.2, -0.15) is 0 Å². The Kier molecular flexibility index (Phi) is 6.28. The lowest BCUT2D eigenvalue weighted by Crippen LogP contribution is -2.19. The Hall–Kier alpha value is -0.820. The molecule has 0 saturated heterocycles. The van der Waals surface area contributed by atoms with Crippen molar-refractivity contribution in [1.29, 1.82) is 0 Å². The lowest BCUT2D eigenvalue weighted by molar-refractivity contribution is 0.403. The summed E-state index contributed by atoms with van der Waals surface area (Å²) in [5, 5.41) is 3.33. The molecule has 1 atom stereocenters. The molecule has 1 nitrogen and oxygen atoms in total. The van der Waals surface area contributed by atoms with Crippen LogP contribution in [0.4, 0.5) is 0 Å². The summed E-state index contributed by atoms with van der Waals surface area (Å²) in [6, 6.07) is 9.04. The molecule has 0 amide bonds. The monoisotopic (exact) mass is 233 g/mol. The van der Waals surface area contributed by atoms with Gasteiger partial charge in [0, 0.05) is 6.54 Å². The highest BCUT2D eigenvalue weighted by molar-refractivity contribution is 5.24. The molecule has 0 spiro atoms. The highest BCUT2D eigenvalue weighted by atomic mass is 14.8. The van der Waals surface area contributed by atoms with Crippen LogP contribution in [0.15, 0.2) is 24.3 Å². The van der Waals surface area contributed by atoms with Gasteiger partial charge in [-0.25, -0.2) is 0 Å². The molecule has 1 aromatic rings. The third-order valence-corrected chi connectivity index (χ3v) is 3.77. The van der Waals surface area contributed by atoms with E-state index in [0.29, 0.717) is 5.92 Å². The average Bonchev–Trinajstić information content (AvgIpc) is 2.35. The highest BCUT2D eigenvalue weighted by Crippen LogP contribution is 2.27. The van der Waals surface area contributed by atoms with Crippen LogP contribution in [-0.4, -0.2) is 13.6 Å². The zero-order chi connectivity index (χ0) is 12.7. The van der Waals surface area contributed by atoms with Crippen molar-refractivity contribution in [3.8, 4) is 0 Å². The van der Waals surface area contributed by atoms with E-state index < -0.39 is 0 Å². The van der Waals surface area contributed by atoms with Gasteiger partial charge in [0.2, 0.25) is 0 Å². The molecule has 0 aliphatic rings. The fraction of sp³-hybridized carbons (Fsp3) is 0.625. The van der Waals surface area contributed by atoms with Gasteiger partial charge in [-0.05, 0) is 37.8 Å². The van der Waals surface area contributed by atoms with Crippen molar-refractivity contribution in [2.45, 2.75) is 46.0 Å². The van der Waals surface area contributed by atoms with Crippen molar-refractivity contribution in [3.05, 3.63) is 35.4 Å². The minimum absolute atomic E-state index is 0.658. The molecule has 0 aliphatic heterocycles. The first kappa shape index (κ1) is 14.2. The van der Waals surface area contributed by atoms with Crippen LogP contribution in [0.5, 0.6) is 0 Å². The molecule has 0 saturated carbocycles. The first-order valence-electron chi connectivity index (χ1n) is 6.92. The molecule has 96 valence electrons. The van der Waals surface area contributed by atoms with Crippen LogP contribution in [-0.2, 0) is 0 Å². The van der Waals surface area contributed by atoms with Crippen LogP contribution in [0, 0.1) is 12.8 Å². The highest BCUT2D eigenvalue weighted by Gasteiger charge is 2.15. The summed E-state index contributed by atoms with van der Waals surface area (Å²) in [7, 11) is 2.05. The van der Waals surface area contributed by atoms with E-state index in [9.17, 15) is 0 Å². The standard InChI is InChI=1S/C16H27N/c1-5-14(6-2)11-16(12-17-4)15-9-7-13(3)8-10-15/h7-10,14,16-17H,5-6,11-12H2,1-4H3. The Bertz CT molecular complexity index is 298. The fourth-order valence-electron chi connectivity index (χ4n) is 2.45. The largest absolute Gasteiger partial charge is 0.319 e. The summed E-state index contributed by atoms with van der Waals surface area (Å²) >= 11 is 0. The predicted octanol–water partition coefficient (Wildman–Crippen LogP) is 4.12. The van der Waals surface area contributed by atoms with Gasteiger partial charge < -0.3 is 5.32 Å². The summed E-state index contributed by atoms with van der Waals surface area (Å²) in [4.78, 5) is 0. The molecule has 1 aromatic carbocycles. The molecule has 1 rings (SSSR count). The molecule has 0 fully saturated rings. The number of nitrogens with one attached hydrogen (secondary N) is 1. The van der Waals surface area contributed by atoms with E-state index in [-0.39, 0.29) is 0 Å². The third kappa shape index (κ3) is 4.51. The molecule has 0 bridgehead atoms. The first-order chi connectivity index (χ1) is 8.21. The zero-order valence-corrected chi connectivity index (χ0v) is 11.8. The maximum Gasteiger partial charge on any atom is 0.00172 e. The number of aryl methyl sites for hydroxylation is 1. The zero-order valence-electron chi connectivity index (χ0n) is 11.8. The van der Waals surface area contributed by atoms with Gasteiger partial charge in [0.05, 0.1) is 0 Å². The summed E-state index contributed by atoms with van der Waals surface area (Å²) < 4.78 is 0. The molecule has 1 N–H and O–H groups in total. The fourth-order valence-corrected chi connectivity index (χ4v) is 2.45. The second kappa shape index (κ2) is 7.50. The molecule has 1 unspecified atom stereocenters. The Morgan fingerprint density at radius 2 is 1.65 bits per heavy atom. The van der Waals surface area contributed by atoms with Crippen LogP contribution >= 0.6 is 0 Å². The van der Waals surface area contributed by atoms with E-state index in [1.165, 1.54) is 30.4 Å². The van der Waals surface area contributed by atoms with Crippen molar-refractivity contribution >= 4 is 0 Å². The third-order valence-electron chi connectivity index (χ3n) is 3.77. The minimum Gasteiger partial charge on any atom is -0.319 e. The molecular weight excluding hydrogens is 206 g/mol. The van der Waals surface area contributed by atoms with E-state index in [4.69, 9.17) is 0 Å². The minimum atomic E-state index is 0.658. The van der Waals surface area contributed by atoms with Crippen molar-refractivity contribution < 1.29 is 0 Å². The Balaban J connectivity index is 2.73. The van der Waals surface area contributed by atoms with Crippen LogP contribution in [0.25, 0.3) is 0 Å². The second-order valence-corrected chi connectivity index (χ2v) is 5.08. The first-order valence-corrected chi connectivity index (χ1v) is 6.92. The number of benzene rings is 1. The molecule has 0 heterocycles. The van der Waals surface area contributed by atoms with Gasteiger partial charge >= 0.3 is 0 Å². The smallest absolute Gasteiger partial charge is 0.00172 e. The predicted molar refractivity (Wildman–Crippen MR) is 76.5 cm³/mol. The summed E-state index contributed by atoms with van der Waals surface area (Å²) in [5.41, 5.74) is 2.83. The van der Waals surface area contributed by atoms with Crippen molar-refractivity contribution in [2.75, 3.05) is 13.6 Å². The van der Waals surface area contributed by atoms with Gasteiger partial charge in [-0.1, -0.05) is 56.5 Å². The Labute approximate surface area is 107 Å². The Morgan fingerprint density at radius 3 is 2.12 bits per heavy atom. The number of hydrogen-bond acceptors (Lipinski definition) is 1. The van der Waals surface area contributed by atoms with E-state index in [0.717, 1.165) is 12.5 Å². The molecular formula is C16H27N. The summed E-state index contributed by atoms with van der Waals surface area (Å²) in [6.45, 7) is 7.84. The van der Waals surface area contributed by atoms with Crippen molar-refractivity contribution in [2.24, 2.45) is 5.92 Å². The van der Waals surface area contributed by atoms with Gasteiger partial charge in [0.25, 0.3) is 0 Å². The average molecular weight is 233 g/mol. The second-order valence-electron chi connectivity index (χ2n) is 5.08. The SMILES string of the molecule is CCC(CC)CC(CNC)c1ccc(C)cc1. The maximum absolute atomic E-state index is 3.33. The van der Waals surface area contributed by atoms with Crippen LogP contribution in [0.2, 0.25) is 0 Å². The normalized spacial score (nSPS) is 13.0. The quantitative estimate of drug-likeness (QED) is 0.747. The van der Waals surface area contributed by atoms with E-state index >= 15 is 0 Å². The van der Waals surface area contributed by atoms with E-state index in [2.05, 4.69) is 50.4 Å². The van der Waals surface area contributed by atoms with Crippen molar-refractivity contribution in [3.63, 3.8) is 0 Å². The van der Waals surface area contributed by atoms with Crippen LogP contribution < -0.4 is 5.32 Å². The maximum atomic E-state index is 3.33. The topological polar surface area (TPSA) is 12.0 Å². The molecule has 0 radical (unpaired) electrons. The lowest BCUT2D eigenvalue weighted by atomic mass is 9.86. The number of likely N-dealkylation sites (N-methyl/N-ethyl adjacent to an activating group) is 1.